The molecule has 98 valence electrons. The van der Waals surface area contributed by atoms with E-state index >= 15 is 0 Å². The Labute approximate surface area is 108 Å². The van der Waals surface area contributed by atoms with Crippen molar-refractivity contribution in [2.45, 2.75) is 38.9 Å². The molecule has 0 amide bonds. The predicted molar refractivity (Wildman–Crippen MR) is 69.0 cm³/mol. The zero-order chi connectivity index (χ0) is 13.0. The maximum atomic E-state index is 12.2. The molecule has 3 nitrogen and oxygen atoms in total. The number of ether oxygens (including phenoxy) is 2. The van der Waals surface area contributed by atoms with Gasteiger partial charge in [-0.25, -0.2) is 0 Å². The van der Waals surface area contributed by atoms with Crippen LogP contribution in [0.15, 0.2) is 30.3 Å². The summed E-state index contributed by atoms with van der Waals surface area (Å²) in [7, 11) is 1.65. The second-order valence-electron chi connectivity index (χ2n) is 4.95. The first-order valence-corrected chi connectivity index (χ1v) is 6.43. The molecular formula is C15H20O3. The van der Waals surface area contributed by atoms with Crippen molar-refractivity contribution < 1.29 is 14.3 Å². The van der Waals surface area contributed by atoms with Crippen LogP contribution in [0.3, 0.4) is 0 Å². The molecule has 0 bridgehead atoms. The minimum absolute atomic E-state index is 0.0745. The highest BCUT2D eigenvalue weighted by Gasteiger charge is 2.50. The quantitative estimate of drug-likeness (QED) is 0.752. The highest BCUT2D eigenvalue weighted by atomic mass is 16.5. The van der Waals surface area contributed by atoms with Gasteiger partial charge < -0.3 is 9.47 Å². The van der Waals surface area contributed by atoms with Gasteiger partial charge in [-0.2, -0.15) is 0 Å². The first-order valence-electron chi connectivity index (χ1n) is 6.43. The molecule has 1 aromatic rings. The molecule has 0 unspecified atom stereocenters. The predicted octanol–water partition coefficient (Wildman–Crippen LogP) is 2.94. The molecule has 0 aliphatic heterocycles. The molecule has 0 N–H and O–H groups in total. The Morgan fingerprint density at radius 3 is 2.50 bits per heavy atom. The van der Waals surface area contributed by atoms with Gasteiger partial charge in [0.1, 0.15) is 6.61 Å². The average Bonchev–Trinajstić information content (AvgIpc) is 2.36. The molecule has 0 heterocycles. The van der Waals surface area contributed by atoms with Crippen molar-refractivity contribution in [1.82, 2.24) is 0 Å². The van der Waals surface area contributed by atoms with Crippen LogP contribution in [0.4, 0.5) is 0 Å². The molecule has 0 aromatic heterocycles. The smallest absolute Gasteiger partial charge is 0.315 e. The lowest BCUT2D eigenvalue weighted by molar-refractivity contribution is -0.175. The molecule has 1 aliphatic carbocycles. The first kappa shape index (κ1) is 13.1. The van der Waals surface area contributed by atoms with E-state index in [1.807, 2.05) is 37.3 Å². The fraction of sp³-hybridized carbons (Fsp3) is 0.533. The van der Waals surface area contributed by atoms with Gasteiger partial charge in [0.05, 0.1) is 11.5 Å². The fourth-order valence-corrected chi connectivity index (χ4v) is 2.43. The number of hydrogen-bond donors (Lipinski definition) is 0. The van der Waals surface area contributed by atoms with Gasteiger partial charge in [0, 0.05) is 7.11 Å². The summed E-state index contributed by atoms with van der Waals surface area (Å²) in [5.41, 5.74) is 0.606. The van der Waals surface area contributed by atoms with Gasteiger partial charge >= 0.3 is 5.97 Å². The fourth-order valence-electron chi connectivity index (χ4n) is 2.43. The van der Waals surface area contributed by atoms with Gasteiger partial charge in [-0.1, -0.05) is 36.8 Å². The van der Waals surface area contributed by atoms with E-state index in [4.69, 9.17) is 9.47 Å². The third-order valence-corrected chi connectivity index (χ3v) is 4.00. The van der Waals surface area contributed by atoms with E-state index in [2.05, 4.69) is 0 Å². The summed E-state index contributed by atoms with van der Waals surface area (Å²) >= 11 is 0. The zero-order valence-electron chi connectivity index (χ0n) is 11.0. The maximum Gasteiger partial charge on any atom is 0.315 e. The SMILES string of the molecule is CO[C@@H](C)C1(C(=O)OCc2ccccc2)CCC1. The van der Waals surface area contributed by atoms with E-state index in [-0.39, 0.29) is 12.1 Å². The summed E-state index contributed by atoms with van der Waals surface area (Å²) in [4.78, 5) is 12.2. The first-order chi connectivity index (χ1) is 8.69. The van der Waals surface area contributed by atoms with Crippen molar-refractivity contribution in [2.24, 2.45) is 5.41 Å². The molecule has 1 aliphatic rings. The Balaban J connectivity index is 1.95. The minimum Gasteiger partial charge on any atom is -0.460 e. The van der Waals surface area contributed by atoms with E-state index in [1.165, 1.54) is 0 Å². The van der Waals surface area contributed by atoms with Crippen molar-refractivity contribution in [3.05, 3.63) is 35.9 Å². The number of hydrogen-bond acceptors (Lipinski definition) is 3. The highest BCUT2D eigenvalue weighted by Crippen LogP contribution is 2.46. The molecule has 1 aromatic carbocycles. The molecule has 1 fully saturated rings. The Bertz CT molecular complexity index is 395. The molecule has 0 saturated heterocycles. The lowest BCUT2D eigenvalue weighted by Crippen LogP contribution is -2.48. The minimum atomic E-state index is -0.413. The van der Waals surface area contributed by atoms with Crippen LogP contribution < -0.4 is 0 Å². The normalized spacial score (nSPS) is 18.8. The Morgan fingerprint density at radius 1 is 1.33 bits per heavy atom. The van der Waals surface area contributed by atoms with Crippen molar-refractivity contribution in [2.75, 3.05) is 7.11 Å². The van der Waals surface area contributed by atoms with E-state index in [0.717, 1.165) is 24.8 Å². The molecule has 18 heavy (non-hydrogen) atoms. The van der Waals surface area contributed by atoms with Gasteiger partial charge in [-0.3, -0.25) is 4.79 Å². The van der Waals surface area contributed by atoms with Gasteiger partial charge in [0.15, 0.2) is 0 Å². The number of carbonyl (C=O) groups excluding carboxylic acids is 1. The summed E-state index contributed by atoms with van der Waals surface area (Å²) in [5, 5.41) is 0. The Kier molecular flexibility index (Phi) is 4.02. The summed E-state index contributed by atoms with van der Waals surface area (Å²) < 4.78 is 10.8. The second-order valence-corrected chi connectivity index (χ2v) is 4.95. The molecule has 1 atom stereocenters. The van der Waals surface area contributed by atoms with Gasteiger partial charge in [-0.05, 0) is 25.3 Å². The largest absolute Gasteiger partial charge is 0.460 e. The monoisotopic (exact) mass is 248 g/mol. The van der Waals surface area contributed by atoms with Crippen LogP contribution >= 0.6 is 0 Å². The lowest BCUT2D eigenvalue weighted by atomic mass is 9.65. The van der Waals surface area contributed by atoms with E-state index < -0.39 is 5.41 Å². The second kappa shape index (κ2) is 5.53. The zero-order valence-corrected chi connectivity index (χ0v) is 11.0. The van der Waals surface area contributed by atoms with Crippen LogP contribution in [0.2, 0.25) is 0 Å². The summed E-state index contributed by atoms with van der Waals surface area (Å²) in [6, 6.07) is 9.76. The number of esters is 1. The maximum absolute atomic E-state index is 12.2. The number of carbonyl (C=O) groups is 1. The van der Waals surface area contributed by atoms with Crippen molar-refractivity contribution >= 4 is 5.97 Å². The average molecular weight is 248 g/mol. The number of rotatable bonds is 5. The molecule has 0 radical (unpaired) electrons. The van der Waals surface area contributed by atoms with Crippen LogP contribution in [0.5, 0.6) is 0 Å². The van der Waals surface area contributed by atoms with Crippen molar-refractivity contribution in [3.8, 4) is 0 Å². The number of benzene rings is 1. The van der Waals surface area contributed by atoms with E-state index in [0.29, 0.717) is 6.61 Å². The molecule has 0 spiro atoms. The highest BCUT2D eigenvalue weighted by molar-refractivity contribution is 5.78. The third-order valence-electron chi connectivity index (χ3n) is 4.00. The van der Waals surface area contributed by atoms with Crippen LogP contribution in [0, 0.1) is 5.41 Å². The van der Waals surface area contributed by atoms with Crippen LogP contribution in [-0.4, -0.2) is 19.2 Å². The molecular weight excluding hydrogens is 228 g/mol. The van der Waals surface area contributed by atoms with Gasteiger partial charge in [-0.15, -0.1) is 0 Å². The van der Waals surface area contributed by atoms with E-state index in [1.54, 1.807) is 7.11 Å². The Morgan fingerprint density at radius 2 is 2.00 bits per heavy atom. The topological polar surface area (TPSA) is 35.5 Å². The molecule has 2 rings (SSSR count). The van der Waals surface area contributed by atoms with Crippen LogP contribution in [0.25, 0.3) is 0 Å². The van der Waals surface area contributed by atoms with Crippen molar-refractivity contribution in [3.63, 3.8) is 0 Å². The van der Waals surface area contributed by atoms with Gasteiger partial charge in [0.25, 0.3) is 0 Å². The summed E-state index contributed by atoms with van der Waals surface area (Å²) in [6.45, 7) is 2.29. The summed E-state index contributed by atoms with van der Waals surface area (Å²) in [6.07, 6.45) is 2.74. The number of methoxy groups -OCH3 is 1. The standard InChI is InChI=1S/C15H20O3/c1-12(17-2)15(9-6-10-15)14(16)18-11-13-7-4-3-5-8-13/h3-5,7-8,12H,6,9-11H2,1-2H3/t12-/m0/s1. The van der Waals surface area contributed by atoms with Crippen molar-refractivity contribution in [1.29, 1.82) is 0 Å². The Hall–Kier alpha value is -1.35. The van der Waals surface area contributed by atoms with Crippen LogP contribution in [-0.2, 0) is 20.9 Å². The summed E-state index contributed by atoms with van der Waals surface area (Å²) in [5.74, 6) is -0.119. The molecule has 1 saturated carbocycles. The van der Waals surface area contributed by atoms with E-state index in [9.17, 15) is 4.79 Å². The van der Waals surface area contributed by atoms with Gasteiger partial charge in [0.2, 0.25) is 0 Å². The molecule has 3 heteroatoms. The third kappa shape index (κ3) is 2.41. The lowest BCUT2D eigenvalue weighted by Gasteiger charge is -2.42. The van der Waals surface area contributed by atoms with Crippen LogP contribution in [0.1, 0.15) is 31.7 Å².